The summed E-state index contributed by atoms with van der Waals surface area (Å²) in [5.74, 6) is 1.29. The zero-order valence-electron chi connectivity index (χ0n) is 14.1. The molecule has 0 fully saturated rings. The van der Waals surface area contributed by atoms with Crippen LogP contribution in [0.1, 0.15) is 13.8 Å². The molecule has 0 bridgehead atoms. The van der Waals surface area contributed by atoms with Gasteiger partial charge in [0.05, 0.1) is 30.1 Å². The van der Waals surface area contributed by atoms with E-state index in [1.54, 1.807) is 13.8 Å². The van der Waals surface area contributed by atoms with E-state index in [0.29, 0.717) is 11.5 Å². The highest BCUT2D eigenvalue weighted by Crippen LogP contribution is 2.42. The van der Waals surface area contributed by atoms with Crippen LogP contribution in [0.3, 0.4) is 0 Å². The van der Waals surface area contributed by atoms with Crippen molar-refractivity contribution < 1.29 is 19.7 Å². The highest BCUT2D eigenvalue weighted by Gasteiger charge is 2.15. The van der Waals surface area contributed by atoms with Gasteiger partial charge in [-0.1, -0.05) is 0 Å². The molecule has 142 valence electrons. The Kier molecular flexibility index (Phi) is 8.43. The maximum absolute atomic E-state index is 9.40. The van der Waals surface area contributed by atoms with Crippen LogP contribution in [-0.4, -0.2) is 35.6 Å². The molecule has 0 spiro atoms. The fourth-order valence-electron chi connectivity index (χ4n) is 2.14. The van der Waals surface area contributed by atoms with Crippen LogP contribution in [0, 0.1) is 0 Å². The maximum atomic E-state index is 9.40. The van der Waals surface area contributed by atoms with Crippen LogP contribution in [0.4, 0.5) is 0 Å². The molecule has 26 heavy (non-hydrogen) atoms. The molecule has 2 unspecified atom stereocenters. The van der Waals surface area contributed by atoms with Gasteiger partial charge in [-0.25, -0.2) is 0 Å². The fourth-order valence-corrected chi connectivity index (χ4v) is 4.97. The third kappa shape index (κ3) is 5.94. The van der Waals surface area contributed by atoms with Crippen molar-refractivity contribution in [3.05, 3.63) is 42.2 Å². The van der Waals surface area contributed by atoms with E-state index in [1.165, 1.54) is 0 Å². The first kappa shape index (κ1) is 22.2. The van der Waals surface area contributed by atoms with Crippen molar-refractivity contribution in [1.29, 1.82) is 0 Å². The van der Waals surface area contributed by atoms with Crippen LogP contribution in [0.25, 0.3) is 11.1 Å². The molecular formula is C18H18Br4O4. The van der Waals surface area contributed by atoms with Crippen LogP contribution in [0.15, 0.2) is 42.2 Å². The lowest BCUT2D eigenvalue weighted by molar-refractivity contribution is 0.121. The molecule has 0 saturated heterocycles. The van der Waals surface area contributed by atoms with E-state index in [9.17, 15) is 10.2 Å². The lowest BCUT2D eigenvalue weighted by Gasteiger charge is -2.16. The van der Waals surface area contributed by atoms with Gasteiger partial charge in [-0.05, 0) is 113 Å². The number of rotatable bonds is 7. The van der Waals surface area contributed by atoms with E-state index < -0.39 is 12.2 Å². The number of hydrogen-bond donors (Lipinski definition) is 2. The smallest absolute Gasteiger partial charge is 0.147 e. The Labute approximate surface area is 186 Å². The number of hydrogen-bond acceptors (Lipinski definition) is 4. The topological polar surface area (TPSA) is 58.9 Å². The molecule has 0 radical (unpaired) electrons. The Morgan fingerprint density at radius 1 is 0.692 bits per heavy atom. The fraction of sp³-hybridized carbons (Fsp3) is 0.333. The molecule has 0 amide bonds. The molecule has 0 aromatic heterocycles. The third-order valence-corrected chi connectivity index (χ3v) is 5.62. The standard InChI is InChI=1S/C18H18Br4O4/c1-9(23)7-25-17-13(19)3-11(4-14(17)20)12-5-15(21)18(16(22)6-12)26-8-10(2)24/h3-6,9-10,23-24H,7-8H2,1-2H3. The van der Waals surface area contributed by atoms with E-state index in [4.69, 9.17) is 9.47 Å². The minimum absolute atomic E-state index is 0.211. The highest BCUT2D eigenvalue weighted by atomic mass is 79.9. The molecule has 2 N–H and O–H groups in total. The number of aliphatic hydroxyl groups excluding tert-OH is 2. The van der Waals surface area contributed by atoms with E-state index in [0.717, 1.165) is 29.0 Å². The van der Waals surface area contributed by atoms with Gasteiger partial charge in [-0.15, -0.1) is 0 Å². The van der Waals surface area contributed by atoms with Crippen molar-refractivity contribution in [3.8, 4) is 22.6 Å². The average Bonchev–Trinajstić information content (AvgIpc) is 2.52. The van der Waals surface area contributed by atoms with Crippen LogP contribution < -0.4 is 9.47 Å². The molecule has 0 saturated carbocycles. The van der Waals surface area contributed by atoms with Gasteiger partial charge in [-0.3, -0.25) is 0 Å². The number of aliphatic hydroxyl groups is 2. The predicted molar refractivity (Wildman–Crippen MR) is 117 cm³/mol. The number of halogens is 4. The molecule has 0 aliphatic rings. The molecule has 2 aromatic rings. The summed E-state index contributed by atoms with van der Waals surface area (Å²) in [6, 6.07) is 7.80. The van der Waals surface area contributed by atoms with Crippen molar-refractivity contribution in [2.45, 2.75) is 26.1 Å². The Morgan fingerprint density at radius 3 is 1.19 bits per heavy atom. The molecule has 0 aliphatic carbocycles. The molecule has 4 nitrogen and oxygen atoms in total. The predicted octanol–water partition coefficient (Wildman–Crippen LogP) is 5.92. The minimum Gasteiger partial charge on any atom is -0.489 e. The van der Waals surface area contributed by atoms with Gasteiger partial charge in [0.15, 0.2) is 0 Å². The SMILES string of the molecule is CC(O)COc1c(Br)cc(-c2cc(Br)c(OCC(C)O)c(Br)c2)cc1Br. The van der Waals surface area contributed by atoms with Crippen molar-refractivity contribution >= 4 is 63.7 Å². The van der Waals surface area contributed by atoms with Crippen LogP contribution in [0.2, 0.25) is 0 Å². The summed E-state index contributed by atoms with van der Waals surface area (Å²) in [6.07, 6.45) is -1.09. The summed E-state index contributed by atoms with van der Waals surface area (Å²) in [7, 11) is 0. The molecule has 2 rings (SSSR count). The van der Waals surface area contributed by atoms with Crippen molar-refractivity contribution in [2.24, 2.45) is 0 Å². The summed E-state index contributed by atoms with van der Waals surface area (Å²) in [5, 5.41) is 18.8. The summed E-state index contributed by atoms with van der Waals surface area (Å²) in [4.78, 5) is 0. The average molecular weight is 618 g/mol. The Hall–Kier alpha value is -0.120. The second-order valence-corrected chi connectivity index (χ2v) is 9.28. The first-order chi connectivity index (χ1) is 12.2. The van der Waals surface area contributed by atoms with Gasteiger partial charge in [0, 0.05) is 0 Å². The first-order valence-electron chi connectivity index (χ1n) is 7.79. The molecule has 2 atom stereocenters. The quantitative estimate of drug-likeness (QED) is 0.405. The summed E-state index contributed by atoms with van der Waals surface area (Å²) in [6.45, 7) is 3.77. The monoisotopic (exact) mass is 614 g/mol. The first-order valence-corrected chi connectivity index (χ1v) is 11.0. The van der Waals surface area contributed by atoms with Crippen LogP contribution >= 0.6 is 63.7 Å². The van der Waals surface area contributed by atoms with E-state index >= 15 is 0 Å². The van der Waals surface area contributed by atoms with Crippen LogP contribution in [0.5, 0.6) is 11.5 Å². The molecule has 0 heterocycles. The van der Waals surface area contributed by atoms with Gasteiger partial charge < -0.3 is 19.7 Å². The van der Waals surface area contributed by atoms with Crippen molar-refractivity contribution in [2.75, 3.05) is 13.2 Å². The molecular weight excluding hydrogens is 600 g/mol. The van der Waals surface area contributed by atoms with E-state index in [1.807, 2.05) is 24.3 Å². The lowest BCUT2D eigenvalue weighted by atomic mass is 10.1. The zero-order chi connectivity index (χ0) is 19.4. The van der Waals surface area contributed by atoms with Gasteiger partial charge in [0.25, 0.3) is 0 Å². The Balaban J connectivity index is 2.34. The molecule has 0 aliphatic heterocycles. The van der Waals surface area contributed by atoms with Gasteiger partial charge in [0.2, 0.25) is 0 Å². The van der Waals surface area contributed by atoms with Crippen molar-refractivity contribution in [1.82, 2.24) is 0 Å². The zero-order valence-corrected chi connectivity index (χ0v) is 20.4. The van der Waals surface area contributed by atoms with Crippen molar-refractivity contribution in [3.63, 3.8) is 0 Å². The van der Waals surface area contributed by atoms with E-state index in [-0.39, 0.29) is 13.2 Å². The second-order valence-electron chi connectivity index (χ2n) is 5.86. The Morgan fingerprint density at radius 2 is 0.962 bits per heavy atom. The Bertz CT molecular complexity index is 666. The highest BCUT2D eigenvalue weighted by molar-refractivity contribution is 9.11. The lowest BCUT2D eigenvalue weighted by Crippen LogP contribution is -2.13. The normalized spacial score (nSPS) is 13.4. The number of ether oxygens (including phenoxy) is 2. The number of benzene rings is 2. The molecule has 2 aromatic carbocycles. The molecule has 8 heteroatoms. The van der Waals surface area contributed by atoms with Gasteiger partial charge in [0.1, 0.15) is 24.7 Å². The maximum Gasteiger partial charge on any atom is 0.147 e. The summed E-state index contributed by atoms with van der Waals surface area (Å²) in [5.41, 5.74) is 1.94. The van der Waals surface area contributed by atoms with Gasteiger partial charge in [-0.2, -0.15) is 0 Å². The van der Waals surface area contributed by atoms with Gasteiger partial charge >= 0.3 is 0 Å². The largest absolute Gasteiger partial charge is 0.489 e. The van der Waals surface area contributed by atoms with Crippen LogP contribution in [-0.2, 0) is 0 Å². The minimum atomic E-state index is -0.547. The third-order valence-electron chi connectivity index (χ3n) is 3.27. The van der Waals surface area contributed by atoms with E-state index in [2.05, 4.69) is 63.7 Å². The summed E-state index contributed by atoms with van der Waals surface area (Å²) < 4.78 is 14.4. The summed E-state index contributed by atoms with van der Waals surface area (Å²) >= 11 is 14.1. The second kappa shape index (κ2) is 9.89.